The van der Waals surface area contributed by atoms with Crippen molar-refractivity contribution in [3.63, 3.8) is 0 Å². The van der Waals surface area contributed by atoms with Crippen LogP contribution >= 0.6 is 15.9 Å². The Hall–Kier alpha value is -1.85. The molecule has 1 amide bonds. The van der Waals surface area contributed by atoms with Crippen molar-refractivity contribution in [2.45, 2.75) is 13.3 Å². The highest BCUT2D eigenvalue weighted by Gasteiger charge is 2.05. The van der Waals surface area contributed by atoms with Crippen LogP contribution in [0.4, 0.5) is 5.69 Å². The second kappa shape index (κ2) is 8.70. The third-order valence-corrected chi connectivity index (χ3v) is 4.38. The van der Waals surface area contributed by atoms with Gasteiger partial charge in [0, 0.05) is 10.2 Å². The molecule has 0 heterocycles. The van der Waals surface area contributed by atoms with E-state index in [2.05, 4.69) is 26.6 Å². The molecule has 0 aromatic heterocycles. The Bertz CT molecular complexity index is 674. The summed E-state index contributed by atoms with van der Waals surface area (Å²) in [7, 11) is 1.67. The number of rotatable bonds is 7. The molecule has 0 aliphatic heterocycles. The van der Waals surface area contributed by atoms with Crippen LogP contribution < -0.4 is 15.4 Å². The molecule has 0 saturated heterocycles. The summed E-state index contributed by atoms with van der Waals surface area (Å²) >= 11 is 3.45. The zero-order valence-electron chi connectivity index (χ0n) is 13.4. The van der Waals surface area contributed by atoms with Crippen LogP contribution in [0.5, 0.6) is 5.75 Å². The van der Waals surface area contributed by atoms with Gasteiger partial charge in [-0.15, -0.1) is 0 Å². The van der Waals surface area contributed by atoms with E-state index >= 15 is 0 Å². The fourth-order valence-corrected chi connectivity index (χ4v) is 2.51. The average Bonchev–Trinajstić information content (AvgIpc) is 2.55. The number of anilines is 1. The number of para-hydroxylation sites is 1. The van der Waals surface area contributed by atoms with Crippen LogP contribution in [0.25, 0.3) is 0 Å². The maximum absolute atomic E-state index is 11.9. The molecule has 0 atom stereocenters. The number of aryl methyl sites for hydroxylation is 1. The molecule has 0 aliphatic carbocycles. The molecule has 2 rings (SSSR count). The lowest BCUT2D eigenvalue weighted by Crippen LogP contribution is -2.29. The molecule has 0 spiro atoms. The molecule has 0 aliphatic rings. The van der Waals surface area contributed by atoms with Crippen LogP contribution in [0, 0.1) is 6.92 Å². The Balaban J connectivity index is 1.75. The van der Waals surface area contributed by atoms with Gasteiger partial charge in [0.1, 0.15) is 5.75 Å². The largest absolute Gasteiger partial charge is 0.496 e. The summed E-state index contributed by atoms with van der Waals surface area (Å²) in [4.78, 5) is 11.9. The smallest absolute Gasteiger partial charge is 0.238 e. The van der Waals surface area contributed by atoms with Gasteiger partial charge in [0.05, 0.1) is 13.7 Å². The highest BCUT2D eigenvalue weighted by molar-refractivity contribution is 9.10. The third kappa shape index (κ3) is 5.37. The van der Waals surface area contributed by atoms with E-state index < -0.39 is 0 Å². The maximum Gasteiger partial charge on any atom is 0.238 e. The first kappa shape index (κ1) is 17.5. The summed E-state index contributed by atoms with van der Waals surface area (Å²) in [6, 6.07) is 13.7. The Morgan fingerprint density at radius 2 is 2.00 bits per heavy atom. The molecule has 23 heavy (non-hydrogen) atoms. The van der Waals surface area contributed by atoms with Gasteiger partial charge < -0.3 is 15.4 Å². The number of carbonyl (C=O) groups excluding carboxylic acids is 1. The van der Waals surface area contributed by atoms with E-state index in [0.29, 0.717) is 6.54 Å². The molecule has 2 aromatic carbocycles. The van der Waals surface area contributed by atoms with Gasteiger partial charge in [-0.05, 0) is 55.3 Å². The number of amides is 1. The second-order valence-electron chi connectivity index (χ2n) is 5.25. The summed E-state index contributed by atoms with van der Waals surface area (Å²) in [5, 5.41) is 6.04. The van der Waals surface area contributed by atoms with Crippen molar-refractivity contribution in [1.29, 1.82) is 0 Å². The van der Waals surface area contributed by atoms with Crippen LogP contribution in [0.1, 0.15) is 11.1 Å². The van der Waals surface area contributed by atoms with Gasteiger partial charge in [-0.25, -0.2) is 0 Å². The van der Waals surface area contributed by atoms with Gasteiger partial charge in [-0.3, -0.25) is 4.79 Å². The fraction of sp³-hybridized carbons (Fsp3) is 0.278. The fourth-order valence-electron chi connectivity index (χ4n) is 2.26. The number of benzene rings is 2. The molecular formula is C18H21BrN2O2. The third-order valence-electron chi connectivity index (χ3n) is 3.49. The van der Waals surface area contributed by atoms with E-state index in [1.165, 1.54) is 0 Å². The first-order chi connectivity index (χ1) is 11.1. The number of methoxy groups -OCH3 is 1. The number of carbonyl (C=O) groups is 1. The lowest BCUT2D eigenvalue weighted by atomic mass is 10.1. The van der Waals surface area contributed by atoms with Crippen molar-refractivity contribution in [1.82, 2.24) is 5.32 Å². The summed E-state index contributed by atoms with van der Waals surface area (Å²) in [5.74, 6) is 0.829. The van der Waals surface area contributed by atoms with Crippen molar-refractivity contribution in [2.24, 2.45) is 0 Å². The van der Waals surface area contributed by atoms with Gasteiger partial charge in [0.15, 0.2) is 0 Å². The maximum atomic E-state index is 11.9. The topological polar surface area (TPSA) is 50.4 Å². The number of hydrogen-bond donors (Lipinski definition) is 2. The van der Waals surface area contributed by atoms with Gasteiger partial charge in [0.2, 0.25) is 5.91 Å². The van der Waals surface area contributed by atoms with Gasteiger partial charge >= 0.3 is 0 Å². The molecule has 0 radical (unpaired) electrons. The molecule has 2 aromatic rings. The number of halogens is 1. The van der Waals surface area contributed by atoms with E-state index in [0.717, 1.165) is 33.5 Å². The molecule has 4 nitrogen and oxygen atoms in total. The summed E-state index contributed by atoms with van der Waals surface area (Å²) in [6.07, 6.45) is 0.814. The monoisotopic (exact) mass is 376 g/mol. The summed E-state index contributed by atoms with van der Waals surface area (Å²) < 4.78 is 6.35. The van der Waals surface area contributed by atoms with Crippen molar-refractivity contribution in [3.8, 4) is 5.75 Å². The van der Waals surface area contributed by atoms with Crippen LogP contribution in [0.2, 0.25) is 0 Å². The SMILES string of the molecule is COc1ccccc1CCNCC(=O)Nc1ccc(Br)c(C)c1. The Labute approximate surface area is 145 Å². The Kier molecular flexibility index (Phi) is 6.62. The standard InChI is InChI=1S/C18H21BrN2O2/c1-13-11-15(7-8-16(13)19)21-18(22)12-20-10-9-14-5-3-4-6-17(14)23-2/h3-8,11,20H,9-10,12H2,1-2H3,(H,21,22). The number of hydrogen-bond acceptors (Lipinski definition) is 3. The molecule has 0 saturated carbocycles. The Morgan fingerprint density at radius 1 is 1.22 bits per heavy atom. The van der Waals surface area contributed by atoms with E-state index in [1.807, 2.05) is 49.4 Å². The normalized spacial score (nSPS) is 10.4. The van der Waals surface area contributed by atoms with Crippen molar-refractivity contribution >= 4 is 27.5 Å². The predicted octanol–water partition coefficient (Wildman–Crippen LogP) is 3.54. The highest BCUT2D eigenvalue weighted by atomic mass is 79.9. The van der Waals surface area contributed by atoms with Crippen LogP contribution in [0.15, 0.2) is 46.9 Å². The lowest BCUT2D eigenvalue weighted by molar-refractivity contribution is -0.115. The van der Waals surface area contributed by atoms with Crippen molar-refractivity contribution in [2.75, 3.05) is 25.5 Å². The quantitative estimate of drug-likeness (QED) is 0.726. The van der Waals surface area contributed by atoms with Crippen molar-refractivity contribution < 1.29 is 9.53 Å². The van der Waals surface area contributed by atoms with Crippen molar-refractivity contribution in [3.05, 3.63) is 58.1 Å². The number of nitrogens with one attached hydrogen (secondary N) is 2. The minimum absolute atomic E-state index is 0.0493. The molecule has 2 N–H and O–H groups in total. The van der Waals surface area contributed by atoms with E-state index in [-0.39, 0.29) is 12.5 Å². The molecule has 122 valence electrons. The predicted molar refractivity (Wildman–Crippen MR) is 97.1 cm³/mol. The molecule has 0 unspecified atom stereocenters. The van der Waals surface area contributed by atoms with E-state index in [4.69, 9.17) is 4.74 Å². The first-order valence-corrected chi connectivity index (χ1v) is 8.28. The van der Waals surface area contributed by atoms with Gasteiger partial charge in [0.25, 0.3) is 0 Å². The molecule has 5 heteroatoms. The van der Waals surface area contributed by atoms with E-state index in [1.54, 1.807) is 7.11 Å². The van der Waals surface area contributed by atoms with Crippen LogP contribution in [-0.2, 0) is 11.2 Å². The molecule has 0 bridgehead atoms. The lowest BCUT2D eigenvalue weighted by Gasteiger charge is -2.10. The van der Waals surface area contributed by atoms with Gasteiger partial charge in [-0.1, -0.05) is 34.1 Å². The van der Waals surface area contributed by atoms with Crippen LogP contribution in [-0.4, -0.2) is 26.1 Å². The second-order valence-corrected chi connectivity index (χ2v) is 6.11. The van der Waals surface area contributed by atoms with Gasteiger partial charge in [-0.2, -0.15) is 0 Å². The minimum Gasteiger partial charge on any atom is -0.496 e. The average molecular weight is 377 g/mol. The summed E-state index contributed by atoms with van der Waals surface area (Å²) in [6.45, 7) is 2.99. The number of ether oxygens (including phenoxy) is 1. The zero-order valence-corrected chi connectivity index (χ0v) is 14.9. The first-order valence-electron chi connectivity index (χ1n) is 7.49. The van der Waals surface area contributed by atoms with E-state index in [9.17, 15) is 4.79 Å². The summed E-state index contributed by atoms with van der Waals surface area (Å²) in [5.41, 5.74) is 3.03. The van der Waals surface area contributed by atoms with Crippen LogP contribution in [0.3, 0.4) is 0 Å². The highest BCUT2D eigenvalue weighted by Crippen LogP contribution is 2.20. The zero-order chi connectivity index (χ0) is 16.7. The minimum atomic E-state index is -0.0493. The Morgan fingerprint density at radius 3 is 2.74 bits per heavy atom. The molecule has 0 fully saturated rings. The molecular weight excluding hydrogens is 356 g/mol.